The third kappa shape index (κ3) is 4.19. The van der Waals surface area contributed by atoms with Crippen LogP contribution in [0.5, 0.6) is 0 Å². The van der Waals surface area contributed by atoms with Crippen LogP contribution in [0.3, 0.4) is 0 Å². The summed E-state index contributed by atoms with van der Waals surface area (Å²) < 4.78 is 0. The number of amides is 2. The van der Waals surface area contributed by atoms with Crippen LogP contribution in [0, 0.1) is 10.1 Å². The average Bonchev–Trinajstić information content (AvgIpc) is 3.04. The predicted octanol–water partition coefficient (Wildman–Crippen LogP) is 1.91. The van der Waals surface area contributed by atoms with E-state index in [1.807, 2.05) is 26.0 Å². The van der Waals surface area contributed by atoms with Crippen molar-refractivity contribution in [3.8, 4) is 0 Å². The monoisotopic (exact) mass is 345 g/mol. The van der Waals surface area contributed by atoms with Gasteiger partial charge in [-0.05, 0) is 30.5 Å². The Balaban J connectivity index is 2.06. The lowest BCUT2D eigenvalue weighted by atomic mass is 10.1. The number of hydrazine groups is 1. The van der Waals surface area contributed by atoms with Crippen molar-refractivity contribution in [1.82, 2.24) is 21.0 Å². The molecule has 1 heterocycles. The SMILES string of the molecule is CCCc1[nH]nc(C(=O)NNC(=O)c2ccc(CC)cc2)c1[N+](=O)[O-]. The number of nitrogens with zero attached hydrogens (tertiary/aromatic N) is 2. The number of aromatic amines is 1. The molecule has 0 spiro atoms. The fraction of sp³-hybridized carbons (Fsp3) is 0.312. The van der Waals surface area contributed by atoms with E-state index in [-0.39, 0.29) is 17.1 Å². The number of aryl methyl sites for hydroxylation is 2. The summed E-state index contributed by atoms with van der Waals surface area (Å²) in [7, 11) is 0. The Morgan fingerprint density at radius 1 is 1.16 bits per heavy atom. The van der Waals surface area contributed by atoms with Gasteiger partial charge in [0.2, 0.25) is 5.69 Å². The van der Waals surface area contributed by atoms with E-state index in [1.165, 1.54) is 0 Å². The van der Waals surface area contributed by atoms with Gasteiger partial charge in [-0.2, -0.15) is 5.10 Å². The zero-order valence-corrected chi connectivity index (χ0v) is 14.0. The van der Waals surface area contributed by atoms with Gasteiger partial charge in [0, 0.05) is 5.56 Å². The molecular weight excluding hydrogens is 326 g/mol. The van der Waals surface area contributed by atoms with Crippen molar-refractivity contribution in [3.63, 3.8) is 0 Å². The van der Waals surface area contributed by atoms with Crippen molar-refractivity contribution in [3.05, 3.63) is 56.9 Å². The number of rotatable bonds is 6. The summed E-state index contributed by atoms with van der Waals surface area (Å²) in [6.45, 7) is 3.85. The van der Waals surface area contributed by atoms with Gasteiger partial charge in [-0.1, -0.05) is 32.4 Å². The Kier molecular flexibility index (Phi) is 5.83. The Morgan fingerprint density at radius 3 is 2.36 bits per heavy atom. The molecule has 2 amide bonds. The zero-order chi connectivity index (χ0) is 18.4. The van der Waals surface area contributed by atoms with Crippen molar-refractivity contribution in [2.45, 2.75) is 33.1 Å². The Morgan fingerprint density at radius 2 is 1.80 bits per heavy atom. The fourth-order valence-electron chi connectivity index (χ4n) is 2.29. The van der Waals surface area contributed by atoms with E-state index in [0.717, 1.165) is 12.0 Å². The van der Waals surface area contributed by atoms with E-state index >= 15 is 0 Å². The lowest BCUT2D eigenvalue weighted by Gasteiger charge is -2.06. The minimum absolute atomic E-state index is 0.277. The van der Waals surface area contributed by atoms with Crippen LogP contribution in [0.2, 0.25) is 0 Å². The number of aromatic nitrogens is 2. The number of carbonyl (C=O) groups excluding carboxylic acids is 2. The van der Waals surface area contributed by atoms with Gasteiger partial charge < -0.3 is 0 Å². The summed E-state index contributed by atoms with van der Waals surface area (Å²) in [4.78, 5) is 34.7. The first-order chi connectivity index (χ1) is 12.0. The molecule has 0 aliphatic rings. The van der Waals surface area contributed by atoms with Crippen LogP contribution in [0.4, 0.5) is 5.69 Å². The smallest absolute Gasteiger partial charge is 0.275 e. The molecule has 0 radical (unpaired) electrons. The molecule has 132 valence electrons. The molecular formula is C16H19N5O4. The predicted molar refractivity (Wildman–Crippen MR) is 90.0 cm³/mol. The maximum atomic E-state index is 12.1. The van der Waals surface area contributed by atoms with Crippen LogP contribution < -0.4 is 10.9 Å². The first-order valence-electron chi connectivity index (χ1n) is 7.89. The topological polar surface area (TPSA) is 130 Å². The number of nitrogens with one attached hydrogen (secondary N) is 3. The molecule has 2 aromatic rings. The lowest BCUT2D eigenvalue weighted by Crippen LogP contribution is -2.42. The summed E-state index contributed by atoms with van der Waals surface area (Å²) >= 11 is 0. The molecule has 1 aromatic heterocycles. The molecule has 0 saturated heterocycles. The van der Waals surface area contributed by atoms with Crippen molar-refractivity contribution in [2.75, 3.05) is 0 Å². The molecule has 9 heteroatoms. The molecule has 0 unspecified atom stereocenters. The van der Waals surface area contributed by atoms with Gasteiger partial charge in [0.15, 0.2) is 0 Å². The van der Waals surface area contributed by atoms with Gasteiger partial charge >= 0.3 is 5.69 Å². The molecule has 1 aromatic carbocycles. The Labute approximate surface area is 143 Å². The van der Waals surface area contributed by atoms with E-state index in [2.05, 4.69) is 21.0 Å². The van der Waals surface area contributed by atoms with Crippen LogP contribution in [-0.2, 0) is 12.8 Å². The quantitative estimate of drug-likeness (QED) is 0.544. The summed E-state index contributed by atoms with van der Waals surface area (Å²) in [6.07, 6.45) is 1.91. The van der Waals surface area contributed by atoms with E-state index < -0.39 is 16.7 Å². The Hall–Kier alpha value is -3.23. The maximum absolute atomic E-state index is 12.1. The minimum Gasteiger partial charge on any atom is -0.275 e. The second-order valence-electron chi connectivity index (χ2n) is 5.37. The van der Waals surface area contributed by atoms with Crippen LogP contribution in [0.1, 0.15) is 52.4 Å². The average molecular weight is 345 g/mol. The van der Waals surface area contributed by atoms with Crippen LogP contribution in [0.15, 0.2) is 24.3 Å². The van der Waals surface area contributed by atoms with Crippen LogP contribution in [-0.4, -0.2) is 26.9 Å². The number of hydrogen-bond donors (Lipinski definition) is 3. The van der Waals surface area contributed by atoms with E-state index in [4.69, 9.17) is 0 Å². The molecule has 3 N–H and O–H groups in total. The molecule has 2 rings (SSSR count). The second-order valence-corrected chi connectivity index (χ2v) is 5.37. The third-order valence-corrected chi connectivity index (χ3v) is 3.62. The van der Waals surface area contributed by atoms with Gasteiger partial charge in [-0.15, -0.1) is 0 Å². The number of nitro groups is 1. The minimum atomic E-state index is -0.858. The first-order valence-corrected chi connectivity index (χ1v) is 7.89. The molecule has 0 saturated carbocycles. The van der Waals surface area contributed by atoms with Gasteiger partial charge in [0.05, 0.1) is 4.92 Å². The maximum Gasteiger partial charge on any atom is 0.323 e. The second kappa shape index (κ2) is 8.04. The number of benzene rings is 1. The number of H-pyrrole nitrogens is 1. The highest BCUT2D eigenvalue weighted by Crippen LogP contribution is 2.22. The molecule has 0 aliphatic heterocycles. The van der Waals surface area contributed by atoms with Crippen LogP contribution in [0.25, 0.3) is 0 Å². The summed E-state index contributed by atoms with van der Waals surface area (Å²) in [5, 5.41) is 17.4. The highest BCUT2D eigenvalue weighted by Gasteiger charge is 2.28. The van der Waals surface area contributed by atoms with Gasteiger partial charge in [-0.3, -0.25) is 35.7 Å². The van der Waals surface area contributed by atoms with E-state index in [9.17, 15) is 19.7 Å². The van der Waals surface area contributed by atoms with Crippen molar-refractivity contribution in [2.24, 2.45) is 0 Å². The molecule has 0 bridgehead atoms. The number of hydrogen-bond acceptors (Lipinski definition) is 5. The van der Waals surface area contributed by atoms with E-state index in [0.29, 0.717) is 18.4 Å². The molecule has 25 heavy (non-hydrogen) atoms. The molecule has 9 nitrogen and oxygen atoms in total. The highest BCUT2D eigenvalue weighted by atomic mass is 16.6. The zero-order valence-electron chi connectivity index (χ0n) is 14.0. The summed E-state index contributed by atoms with van der Waals surface area (Å²) in [5.41, 5.74) is 5.36. The lowest BCUT2D eigenvalue weighted by molar-refractivity contribution is -0.385. The standard InChI is InChI=1S/C16H19N5O4/c1-3-5-12-14(21(24)25)13(18-17-12)16(23)20-19-15(22)11-8-6-10(4-2)7-9-11/h6-9H,3-5H2,1-2H3,(H,17,18)(H,19,22)(H,20,23). The molecule has 0 atom stereocenters. The van der Waals surface area contributed by atoms with Gasteiger partial charge in [0.1, 0.15) is 5.69 Å². The van der Waals surface area contributed by atoms with Crippen LogP contribution >= 0.6 is 0 Å². The summed E-state index contributed by atoms with van der Waals surface area (Å²) in [6, 6.07) is 6.89. The van der Waals surface area contributed by atoms with Crippen molar-refractivity contribution in [1.29, 1.82) is 0 Å². The molecule has 0 fully saturated rings. The Bertz CT molecular complexity index is 782. The van der Waals surface area contributed by atoms with Gasteiger partial charge in [-0.25, -0.2) is 0 Å². The fourth-order valence-corrected chi connectivity index (χ4v) is 2.29. The first kappa shape index (κ1) is 18.1. The van der Waals surface area contributed by atoms with Crippen molar-refractivity contribution >= 4 is 17.5 Å². The number of carbonyl (C=O) groups is 2. The van der Waals surface area contributed by atoms with Crippen molar-refractivity contribution < 1.29 is 14.5 Å². The largest absolute Gasteiger partial charge is 0.323 e. The third-order valence-electron chi connectivity index (χ3n) is 3.62. The molecule has 0 aliphatic carbocycles. The normalized spacial score (nSPS) is 10.3. The highest BCUT2D eigenvalue weighted by molar-refractivity contribution is 6.00. The van der Waals surface area contributed by atoms with E-state index in [1.54, 1.807) is 12.1 Å². The van der Waals surface area contributed by atoms with Gasteiger partial charge in [0.25, 0.3) is 11.8 Å². The summed E-state index contributed by atoms with van der Waals surface area (Å²) in [5.74, 6) is -1.38.